The molecule has 20 heavy (non-hydrogen) atoms. The van der Waals surface area contributed by atoms with Crippen LogP contribution in [0.15, 0.2) is 12.1 Å². The van der Waals surface area contributed by atoms with E-state index in [1.54, 1.807) is 0 Å². The number of carbonyl (C=O) groups is 1. The number of hydrogen-bond acceptors (Lipinski definition) is 1. The van der Waals surface area contributed by atoms with Crippen LogP contribution in [0.4, 0.5) is 13.2 Å². The van der Waals surface area contributed by atoms with Crippen LogP contribution in [-0.2, 0) is 12.7 Å². The lowest BCUT2D eigenvalue weighted by molar-refractivity contribution is -0.137. The summed E-state index contributed by atoms with van der Waals surface area (Å²) in [7, 11) is 0. The van der Waals surface area contributed by atoms with Crippen LogP contribution in [-0.4, -0.2) is 16.8 Å². The topological polar surface area (TPSA) is 20.3 Å². The molecule has 1 atom stereocenters. The normalized spacial score (nSPS) is 20.2. The average Bonchev–Trinajstić information content (AvgIpc) is 3.12. The molecule has 0 N–H and O–H groups in total. The van der Waals surface area contributed by atoms with Crippen LogP contribution in [0.5, 0.6) is 0 Å². The highest BCUT2D eigenvalue weighted by atomic mass is 35.5. The van der Waals surface area contributed by atoms with E-state index < -0.39 is 17.6 Å². The molecule has 1 aliphatic heterocycles. The van der Waals surface area contributed by atoms with Crippen LogP contribution in [0.1, 0.15) is 41.3 Å². The van der Waals surface area contributed by atoms with Crippen molar-refractivity contribution in [2.45, 2.75) is 38.5 Å². The largest absolute Gasteiger partial charge is 0.417 e. The van der Waals surface area contributed by atoms with Gasteiger partial charge in [0.05, 0.1) is 11.1 Å². The quantitative estimate of drug-likeness (QED) is 0.805. The molecular formula is C14H13ClF3NO. The van der Waals surface area contributed by atoms with Crippen LogP contribution >= 0.6 is 11.6 Å². The SMILES string of the molecule is CC(C1CC1)N1Cc2cc(Cl)cc(C(F)(F)F)c2C1=O. The smallest absolute Gasteiger partial charge is 0.331 e. The van der Waals surface area contributed by atoms with Crippen LogP contribution in [0.25, 0.3) is 0 Å². The average molecular weight is 304 g/mol. The first-order valence-electron chi connectivity index (χ1n) is 6.49. The fourth-order valence-corrected chi connectivity index (χ4v) is 3.07. The monoisotopic (exact) mass is 303 g/mol. The number of hydrogen-bond donors (Lipinski definition) is 0. The zero-order chi connectivity index (χ0) is 14.7. The number of alkyl halides is 3. The molecule has 6 heteroatoms. The molecule has 2 aliphatic rings. The van der Waals surface area contributed by atoms with Crippen molar-refractivity contribution in [1.29, 1.82) is 0 Å². The van der Waals surface area contributed by atoms with E-state index in [1.165, 1.54) is 11.0 Å². The minimum atomic E-state index is -4.57. The van der Waals surface area contributed by atoms with Crippen LogP contribution in [0, 0.1) is 5.92 Å². The first-order valence-corrected chi connectivity index (χ1v) is 6.87. The molecular weight excluding hydrogens is 291 g/mol. The van der Waals surface area contributed by atoms with Crippen LogP contribution < -0.4 is 0 Å². The summed E-state index contributed by atoms with van der Waals surface area (Å²) in [5.41, 5.74) is -0.771. The van der Waals surface area contributed by atoms with Crippen molar-refractivity contribution in [2.75, 3.05) is 0 Å². The summed E-state index contributed by atoms with van der Waals surface area (Å²) in [4.78, 5) is 13.9. The van der Waals surface area contributed by atoms with Gasteiger partial charge in [-0.1, -0.05) is 11.6 Å². The number of nitrogens with zero attached hydrogens (tertiary/aromatic N) is 1. The van der Waals surface area contributed by atoms with E-state index in [4.69, 9.17) is 11.6 Å². The number of benzene rings is 1. The summed E-state index contributed by atoms with van der Waals surface area (Å²) in [6.45, 7) is 2.12. The van der Waals surface area contributed by atoms with Gasteiger partial charge < -0.3 is 4.90 Å². The van der Waals surface area contributed by atoms with Gasteiger partial charge in [-0.05, 0) is 43.4 Å². The highest BCUT2D eigenvalue weighted by molar-refractivity contribution is 6.31. The second kappa shape index (κ2) is 4.38. The molecule has 3 rings (SSSR count). The molecule has 0 saturated heterocycles. The molecule has 1 heterocycles. The Balaban J connectivity index is 2.04. The van der Waals surface area contributed by atoms with Gasteiger partial charge in [0.25, 0.3) is 5.91 Å². The van der Waals surface area contributed by atoms with Gasteiger partial charge in [-0.25, -0.2) is 0 Å². The molecule has 108 valence electrons. The molecule has 0 radical (unpaired) electrons. The third-order valence-corrected chi connectivity index (χ3v) is 4.32. The standard InChI is InChI=1S/C14H13ClF3NO/c1-7(8-2-3-8)19-6-9-4-10(15)5-11(14(16,17)18)12(9)13(19)20/h4-5,7-8H,2-3,6H2,1H3. The number of amides is 1. The van der Waals surface area contributed by atoms with Gasteiger partial charge in [-0.15, -0.1) is 0 Å². The number of halogens is 4. The van der Waals surface area contributed by atoms with E-state index in [0.29, 0.717) is 11.5 Å². The van der Waals surface area contributed by atoms with Crippen molar-refractivity contribution < 1.29 is 18.0 Å². The Labute approximate surface area is 119 Å². The number of rotatable bonds is 2. The lowest BCUT2D eigenvalue weighted by Gasteiger charge is -2.24. The second-order valence-corrected chi connectivity index (χ2v) is 5.93. The lowest BCUT2D eigenvalue weighted by Crippen LogP contribution is -2.35. The molecule has 1 aromatic rings. The van der Waals surface area contributed by atoms with Gasteiger partial charge in [0, 0.05) is 17.6 Å². The van der Waals surface area contributed by atoms with Crippen molar-refractivity contribution in [2.24, 2.45) is 5.92 Å². The Kier molecular flexibility index (Phi) is 3.01. The van der Waals surface area contributed by atoms with Gasteiger partial charge >= 0.3 is 6.18 Å². The van der Waals surface area contributed by atoms with Crippen molar-refractivity contribution >= 4 is 17.5 Å². The molecule has 1 fully saturated rings. The molecule has 1 saturated carbocycles. The van der Waals surface area contributed by atoms with Crippen LogP contribution in [0.3, 0.4) is 0 Å². The van der Waals surface area contributed by atoms with E-state index in [-0.39, 0.29) is 23.2 Å². The van der Waals surface area contributed by atoms with E-state index in [1.807, 2.05) is 6.92 Å². The molecule has 1 amide bonds. The Hall–Kier alpha value is -1.23. The first-order chi connectivity index (χ1) is 9.29. The summed E-state index contributed by atoms with van der Waals surface area (Å²) in [6.07, 6.45) is -2.49. The molecule has 1 aliphatic carbocycles. The van der Waals surface area contributed by atoms with Gasteiger partial charge in [0.15, 0.2) is 0 Å². The summed E-state index contributed by atoms with van der Waals surface area (Å²) in [5.74, 6) is -0.110. The molecule has 0 aromatic heterocycles. The maximum atomic E-state index is 13.1. The van der Waals surface area contributed by atoms with Crippen molar-refractivity contribution in [3.8, 4) is 0 Å². The molecule has 1 unspecified atom stereocenters. The maximum Gasteiger partial charge on any atom is 0.417 e. The zero-order valence-corrected chi connectivity index (χ0v) is 11.6. The molecule has 1 aromatic carbocycles. The van der Waals surface area contributed by atoms with E-state index in [9.17, 15) is 18.0 Å². The first kappa shape index (κ1) is 13.7. The van der Waals surface area contributed by atoms with Gasteiger partial charge in [-0.2, -0.15) is 13.2 Å². The third kappa shape index (κ3) is 2.18. The lowest BCUT2D eigenvalue weighted by atomic mass is 10.0. The fraction of sp³-hybridized carbons (Fsp3) is 0.500. The molecule has 2 nitrogen and oxygen atoms in total. The molecule has 0 bridgehead atoms. The Morgan fingerprint density at radius 1 is 1.35 bits per heavy atom. The summed E-state index contributed by atoms with van der Waals surface area (Å²) >= 11 is 5.75. The number of carbonyl (C=O) groups excluding carboxylic acids is 1. The summed E-state index contributed by atoms with van der Waals surface area (Å²) in [6, 6.07) is 2.28. The zero-order valence-electron chi connectivity index (χ0n) is 10.8. The highest BCUT2D eigenvalue weighted by Crippen LogP contribution is 2.42. The predicted molar refractivity (Wildman–Crippen MR) is 68.5 cm³/mol. The van der Waals surface area contributed by atoms with Crippen molar-refractivity contribution in [1.82, 2.24) is 4.90 Å². The Morgan fingerprint density at radius 2 is 2.00 bits per heavy atom. The van der Waals surface area contributed by atoms with Crippen LogP contribution in [0.2, 0.25) is 5.02 Å². The summed E-state index contributed by atoms with van der Waals surface area (Å²) < 4.78 is 39.2. The Morgan fingerprint density at radius 3 is 2.55 bits per heavy atom. The maximum absolute atomic E-state index is 13.1. The summed E-state index contributed by atoms with van der Waals surface area (Å²) in [5, 5.41) is 0.0183. The van der Waals surface area contributed by atoms with Crippen molar-refractivity contribution in [3.05, 3.63) is 33.8 Å². The predicted octanol–water partition coefficient (Wildman–Crippen LogP) is 4.11. The number of fused-ring (bicyclic) bond motifs is 1. The van der Waals surface area contributed by atoms with E-state index in [2.05, 4.69) is 0 Å². The second-order valence-electron chi connectivity index (χ2n) is 5.50. The Bertz CT molecular complexity index is 581. The fourth-order valence-electron chi connectivity index (χ4n) is 2.83. The van der Waals surface area contributed by atoms with E-state index in [0.717, 1.165) is 18.9 Å². The van der Waals surface area contributed by atoms with Gasteiger partial charge in [0.2, 0.25) is 0 Å². The van der Waals surface area contributed by atoms with Gasteiger partial charge in [0.1, 0.15) is 0 Å². The highest BCUT2D eigenvalue weighted by Gasteiger charge is 2.44. The minimum Gasteiger partial charge on any atom is -0.331 e. The minimum absolute atomic E-state index is 0.0183. The van der Waals surface area contributed by atoms with Gasteiger partial charge in [-0.3, -0.25) is 4.79 Å². The third-order valence-electron chi connectivity index (χ3n) is 4.10. The van der Waals surface area contributed by atoms with E-state index >= 15 is 0 Å². The van der Waals surface area contributed by atoms with Crippen molar-refractivity contribution in [3.63, 3.8) is 0 Å². The molecule has 0 spiro atoms.